The molecule has 0 fully saturated rings. The van der Waals surface area contributed by atoms with Crippen molar-refractivity contribution in [3.05, 3.63) is 0 Å². The van der Waals surface area contributed by atoms with Crippen molar-refractivity contribution in [2.75, 3.05) is 13.1 Å². The summed E-state index contributed by atoms with van der Waals surface area (Å²) in [5, 5.41) is 6.13. The minimum atomic E-state index is -0.608. The predicted octanol–water partition coefficient (Wildman–Crippen LogP) is 2.88. The Hall–Kier alpha value is -1.10. The molecule has 0 aromatic carbocycles. The Morgan fingerprint density at radius 2 is 1.65 bits per heavy atom. The van der Waals surface area contributed by atoms with Gasteiger partial charge < -0.3 is 15.4 Å². The van der Waals surface area contributed by atoms with Crippen LogP contribution >= 0.6 is 0 Å². The van der Waals surface area contributed by atoms with E-state index in [0.717, 1.165) is 13.0 Å². The van der Waals surface area contributed by atoms with Gasteiger partial charge in [-0.25, -0.2) is 0 Å². The van der Waals surface area contributed by atoms with Crippen LogP contribution in [0, 0.1) is 11.8 Å². The van der Waals surface area contributed by atoms with Crippen molar-refractivity contribution in [2.45, 2.75) is 79.4 Å². The summed E-state index contributed by atoms with van der Waals surface area (Å²) >= 11 is 0. The summed E-state index contributed by atoms with van der Waals surface area (Å²) in [6, 6.07) is 0. The number of carbonyl (C=O) groups is 2. The molecule has 0 saturated heterocycles. The van der Waals surface area contributed by atoms with E-state index in [1.54, 1.807) is 0 Å². The van der Waals surface area contributed by atoms with Crippen LogP contribution in [0.25, 0.3) is 0 Å². The fraction of sp³-hybridized carbons (Fsp3) is 0.889. The minimum Gasteiger partial charge on any atom is -0.460 e. The van der Waals surface area contributed by atoms with Crippen molar-refractivity contribution in [1.82, 2.24) is 10.6 Å². The van der Waals surface area contributed by atoms with Gasteiger partial charge in [0, 0.05) is 6.54 Å². The summed E-state index contributed by atoms with van der Waals surface area (Å²) in [5.74, 6) is 0.299. The topological polar surface area (TPSA) is 67.4 Å². The SMILES string of the molecule is CCNC(C)(C)C(=O)NC[C@H](CC(=O)OC(C)(C)C)CC(C)C. The van der Waals surface area contributed by atoms with Gasteiger partial charge in [-0.15, -0.1) is 0 Å². The molecule has 0 heterocycles. The number of amides is 1. The second-order valence-electron chi connectivity index (χ2n) is 8.15. The molecule has 23 heavy (non-hydrogen) atoms. The molecule has 1 atom stereocenters. The lowest BCUT2D eigenvalue weighted by atomic mass is 9.93. The molecule has 2 N–H and O–H groups in total. The molecule has 136 valence electrons. The number of hydrogen-bond acceptors (Lipinski definition) is 4. The van der Waals surface area contributed by atoms with E-state index in [0.29, 0.717) is 18.9 Å². The van der Waals surface area contributed by atoms with Crippen LogP contribution < -0.4 is 10.6 Å². The van der Waals surface area contributed by atoms with Crippen molar-refractivity contribution in [2.24, 2.45) is 11.8 Å². The van der Waals surface area contributed by atoms with E-state index in [4.69, 9.17) is 4.74 Å². The van der Waals surface area contributed by atoms with Crippen molar-refractivity contribution in [3.63, 3.8) is 0 Å². The van der Waals surface area contributed by atoms with Gasteiger partial charge >= 0.3 is 5.97 Å². The fourth-order valence-electron chi connectivity index (χ4n) is 2.50. The highest BCUT2D eigenvalue weighted by Crippen LogP contribution is 2.18. The molecular weight excluding hydrogens is 292 g/mol. The maximum absolute atomic E-state index is 12.3. The lowest BCUT2D eigenvalue weighted by Crippen LogP contribution is -2.53. The number of hydrogen-bond donors (Lipinski definition) is 2. The van der Waals surface area contributed by atoms with Crippen LogP contribution in [0.2, 0.25) is 0 Å². The Labute approximate surface area is 141 Å². The third-order valence-corrected chi connectivity index (χ3v) is 3.42. The maximum atomic E-state index is 12.3. The molecule has 0 spiro atoms. The summed E-state index contributed by atoms with van der Waals surface area (Å²) in [7, 11) is 0. The molecule has 0 rings (SSSR count). The first kappa shape index (κ1) is 21.9. The molecule has 0 aromatic heterocycles. The van der Waals surface area contributed by atoms with Crippen molar-refractivity contribution in [1.29, 1.82) is 0 Å². The average molecular weight is 328 g/mol. The molecule has 0 aliphatic heterocycles. The zero-order valence-electron chi connectivity index (χ0n) is 16.2. The molecule has 1 amide bonds. The van der Waals surface area contributed by atoms with Crippen LogP contribution in [0.4, 0.5) is 0 Å². The van der Waals surface area contributed by atoms with Gasteiger partial charge in [0.25, 0.3) is 0 Å². The lowest BCUT2D eigenvalue weighted by molar-refractivity contribution is -0.156. The highest BCUT2D eigenvalue weighted by atomic mass is 16.6. The third kappa shape index (κ3) is 10.3. The average Bonchev–Trinajstić information content (AvgIpc) is 2.32. The quantitative estimate of drug-likeness (QED) is 0.639. The first-order chi connectivity index (χ1) is 10.4. The van der Waals surface area contributed by atoms with Crippen LogP contribution in [0.1, 0.15) is 68.2 Å². The van der Waals surface area contributed by atoms with Gasteiger partial charge in [-0.3, -0.25) is 9.59 Å². The van der Waals surface area contributed by atoms with Gasteiger partial charge in [0.15, 0.2) is 0 Å². The van der Waals surface area contributed by atoms with E-state index in [1.165, 1.54) is 0 Å². The molecule has 0 saturated carbocycles. The highest BCUT2D eigenvalue weighted by molar-refractivity contribution is 5.85. The van der Waals surface area contributed by atoms with Gasteiger partial charge in [0.05, 0.1) is 12.0 Å². The Kier molecular flexibility index (Phi) is 8.82. The van der Waals surface area contributed by atoms with Crippen LogP contribution in [0.5, 0.6) is 0 Å². The van der Waals surface area contributed by atoms with Crippen molar-refractivity contribution >= 4 is 11.9 Å². The molecule has 0 unspecified atom stereocenters. The normalized spacial score (nSPS) is 13.8. The number of rotatable bonds is 9. The van der Waals surface area contributed by atoms with Crippen molar-refractivity contribution in [3.8, 4) is 0 Å². The van der Waals surface area contributed by atoms with E-state index < -0.39 is 11.1 Å². The summed E-state index contributed by atoms with van der Waals surface area (Å²) in [6.45, 7) is 16.7. The van der Waals surface area contributed by atoms with E-state index in [2.05, 4.69) is 24.5 Å². The van der Waals surface area contributed by atoms with Gasteiger partial charge in [0.2, 0.25) is 5.91 Å². The Balaban J connectivity index is 4.62. The maximum Gasteiger partial charge on any atom is 0.306 e. The van der Waals surface area contributed by atoms with E-state index >= 15 is 0 Å². The number of nitrogens with one attached hydrogen (secondary N) is 2. The lowest BCUT2D eigenvalue weighted by Gasteiger charge is -2.27. The molecule has 5 nitrogen and oxygen atoms in total. The van der Waals surface area contributed by atoms with Crippen molar-refractivity contribution < 1.29 is 14.3 Å². The summed E-state index contributed by atoms with van der Waals surface area (Å²) in [4.78, 5) is 24.3. The van der Waals surface area contributed by atoms with Crippen LogP contribution in [0.3, 0.4) is 0 Å². The molecule has 5 heteroatoms. The number of carbonyl (C=O) groups excluding carboxylic acids is 2. The Bertz CT molecular complexity index is 384. The number of likely N-dealkylation sites (N-methyl/N-ethyl adjacent to an activating group) is 1. The molecule has 0 bridgehead atoms. The Morgan fingerprint density at radius 3 is 2.09 bits per heavy atom. The van der Waals surface area contributed by atoms with Gasteiger partial charge in [-0.1, -0.05) is 20.8 Å². The van der Waals surface area contributed by atoms with Gasteiger partial charge in [0.1, 0.15) is 5.60 Å². The minimum absolute atomic E-state index is 0.0442. The van der Waals surface area contributed by atoms with E-state index in [1.807, 2.05) is 41.5 Å². The Morgan fingerprint density at radius 1 is 1.09 bits per heavy atom. The third-order valence-electron chi connectivity index (χ3n) is 3.42. The zero-order valence-corrected chi connectivity index (χ0v) is 16.2. The van der Waals surface area contributed by atoms with E-state index in [9.17, 15) is 9.59 Å². The number of ether oxygens (including phenoxy) is 1. The predicted molar refractivity (Wildman–Crippen MR) is 94.2 cm³/mol. The fourth-order valence-corrected chi connectivity index (χ4v) is 2.50. The summed E-state index contributed by atoms with van der Waals surface area (Å²) in [6.07, 6.45) is 1.21. The van der Waals surface area contributed by atoms with Gasteiger partial charge in [-0.2, -0.15) is 0 Å². The first-order valence-corrected chi connectivity index (χ1v) is 8.62. The second-order valence-corrected chi connectivity index (χ2v) is 8.15. The highest BCUT2D eigenvalue weighted by Gasteiger charge is 2.27. The van der Waals surface area contributed by atoms with Crippen LogP contribution in [-0.2, 0) is 14.3 Å². The molecule has 0 aliphatic rings. The molecule has 0 radical (unpaired) electrons. The zero-order chi connectivity index (χ0) is 18.3. The molecular formula is C18H36N2O3. The van der Waals surface area contributed by atoms with Crippen LogP contribution in [-0.4, -0.2) is 36.1 Å². The number of esters is 1. The van der Waals surface area contributed by atoms with Gasteiger partial charge in [-0.05, 0) is 59.4 Å². The monoisotopic (exact) mass is 328 g/mol. The standard InChI is InChI=1S/C18H36N2O3/c1-9-20-18(7,8)16(22)19-12-14(10-13(2)3)11-15(21)23-17(4,5)6/h13-14,20H,9-12H2,1-8H3,(H,19,22)/t14-/m0/s1. The largest absolute Gasteiger partial charge is 0.460 e. The molecule has 0 aliphatic carbocycles. The van der Waals surface area contributed by atoms with E-state index in [-0.39, 0.29) is 17.8 Å². The van der Waals surface area contributed by atoms with Crippen LogP contribution in [0.15, 0.2) is 0 Å². The summed E-state index contributed by atoms with van der Waals surface area (Å²) < 4.78 is 5.40. The molecule has 0 aromatic rings. The summed E-state index contributed by atoms with van der Waals surface area (Å²) in [5.41, 5.74) is -1.08. The smallest absolute Gasteiger partial charge is 0.306 e. The first-order valence-electron chi connectivity index (χ1n) is 8.62. The second kappa shape index (κ2) is 9.26.